The summed E-state index contributed by atoms with van der Waals surface area (Å²) in [4.78, 5) is 0. The van der Waals surface area contributed by atoms with E-state index < -0.39 is 16.1 Å². The molecule has 0 aromatic heterocycles. The maximum absolute atomic E-state index is 3.41. The molecule has 0 radical (unpaired) electrons. The molecule has 0 unspecified atom stereocenters. The molecule has 1 aromatic rings. The lowest BCUT2D eigenvalue weighted by Gasteiger charge is -2.05. The molecular formula is C18H24Si2. The number of benzene rings is 1. The standard InChI is InChI=1S/C18H24Si2/c1-19(2,3)14-12-18(13-15-20(4,5)6)16-17-10-8-7-9-11-17/h7-11,16H,1-6H3. The Kier molecular flexibility index (Phi) is 5.63. The fourth-order valence-corrected chi connectivity index (χ4v) is 2.35. The normalized spacial score (nSPS) is 10.7. The third kappa shape index (κ3) is 7.84. The molecule has 20 heavy (non-hydrogen) atoms. The molecule has 0 aliphatic rings. The van der Waals surface area contributed by atoms with Gasteiger partial charge in [0.25, 0.3) is 0 Å². The predicted octanol–water partition coefficient (Wildman–Crippen LogP) is 4.83. The van der Waals surface area contributed by atoms with Gasteiger partial charge in [0.1, 0.15) is 16.1 Å². The molecule has 2 heteroatoms. The van der Waals surface area contributed by atoms with Crippen molar-refractivity contribution in [3.63, 3.8) is 0 Å². The molecule has 0 fully saturated rings. The Bertz CT molecular complexity index is 555. The first kappa shape index (κ1) is 16.6. The minimum Gasteiger partial charge on any atom is -0.126 e. The second kappa shape index (κ2) is 6.79. The van der Waals surface area contributed by atoms with E-state index in [0.717, 1.165) is 11.1 Å². The van der Waals surface area contributed by atoms with Gasteiger partial charge in [-0.3, -0.25) is 0 Å². The van der Waals surface area contributed by atoms with Gasteiger partial charge in [0.05, 0.1) is 5.57 Å². The summed E-state index contributed by atoms with van der Waals surface area (Å²) in [6.07, 6.45) is 2.10. The zero-order valence-corrected chi connectivity index (χ0v) is 15.5. The molecule has 0 aliphatic carbocycles. The monoisotopic (exact) mass is 296 g/mol. The molecule has 1 aromatic carbocycles. The molecule has 104 valence electrons. The molecule has 0 saturated heterocycles. The lowest BCUT2D eigenvalue weighted by atomic mass is 10.1. The Morgan fingerprint density at radius 2 is 1.25 bits per heavy atom. The lowest BCUT2D eigenvalue weighted by molar-refractivity contribution is 1.65. The fourth-order valence-electron chi connectivity index (χ4n) is 1.33. The smallest absolute Gasteiger partial charge is 0.126 e. The Balaban J connectivity index is 3.17. The summed E-state index contributed by atoms with van der Waals surface area (Å²) in [7, 11) is -2.74. The maximum atomic E-state index is 3.41. The summed E-state index contributed by atoms with van der Waals surface area (Å²) >= 11 is 0. The van der Waals surface area contributed by atoms with Crippen molar-refractivity contribution < 1.29 is 0 Å². The van der Waals surface area contributed by atoms with Gasteiger partial charge in [0.15, 0.2) is 0 Å². The number of hydrogen-bond donors (Lipinski definition) is 0. The third-order valence-corrected chi connectivity index (χ3v) is 4.00. The van der Waals surface area contributed by atoms with Gasteiger partial charge in [-0.15, -0.1) is 11.1 Å². The molecule has 0 N–H and O–H groups in total. The van der Waals surface area contributed by atoms with E-state index in [0.29, 0.717) is 0 Å². The maximum Gasteiger partial charge on any atom is 0.129 e. The van der Waals surface area contributed by atoms with Crippen LogP contribution in [-0.2, 0) is 0 Å². The van der Waals surface area contributed by atoms with Crippen LogP contribution in [0.25, 0.3) is 6.08 Å². The fraction of sp³-hybridized carbons (Fsp3) is 0.333. The summed E-state index contributed by atoms with van der Waals surface area (Å²) in [5.41, 5.74) is 8.93. The van der Waals surface area contributed by atoms with Crippen LogP contribution >= 0.6 is 0 Å². The van der Waals surface area contributed by atoms with Gasteiger partial charge < -0.3 is 0 Å². The van der Waals surface area contributed by atoms with Gasteiger partial charge in [0.2, 0.25) is 0 Å². The number of allylic oxidation sites excluding steroid dienone is 1. The van der Waals surface area contributed by atoms with Crippen molar-refractivity contribution in [2.45, 2.75) is 39.3 Å². The van der Waals surface area contributed by atoms with Crippen molar-refractivity contribution in [1.82, 2.24) is 0 Å². The first-order chi connectivity index (χ1) is 9.16. The first-order valence-electron chi connectivity index (χ1n) is 6.99. The van der Waals surface area contributed by atoms with Crippen molar-refractivity contribution in [2.24, 2.45) is 0 Å². The summed E-state index contributed by atoms with van der Waals surface area (Å²) in [6, 6.07) is 10.3. The Morgan fingerprint density at radius 1 is 0.800 bits per heavy atom. The van der Waals surface area contributed by atoms with Gasteiger partial charge in [-0.1, -0.05) is 81.5 Å². The molecule has 0 nitrogen and oxygen atoms in total. The van der Waals surface area contributed by atoms with E-state index in [1.807, 2.05) is 18.2 Å². The average molecular weight is 297 g/mol. The minimum absolute atomic E-state index is 0.945. The van der Waals surface area contributed by atoms with E-state index in [4.69, 9.17) is 0 Å². The van der Waals surface area contributed by atoms with Crippen molar-refractivity contribution in [1.29, 1.82) is 0 Å². The van der Waals surface area contributed by atoms with E-state index in [1.54, 1.807) is 0 Å². The van der Waals surface area contributed by atoms with Crippen LogP contribution < -0.4 is 0 Å². The van der Waals surface area contributed by atoms with Gasteiger partial charge >= 0.3 is 0 Å². The SMILES string of the molecule is C[Si](C)(C)C#CC(C#C[Si](C)(C)C)=Cc1ccccc1. The molecule has 0 bridgehead atoms. The van der Waals surface area contributed by atoms with E-state index in [1.165, 1.54) is 0 Å². The van der Waals surface area contributed by atoms with Crippen LogP contribution in [0.15, 0.2) is 35.9 Å². The van der Waals surface area contributed by atoms with E-state index in [-0.39, 0.29) is 0 Å². The Labute approximate surface area is 126 Å². The van der Waals surface area contributed by atoms with E-state index >= 15 is 0 Å². The molecule has 0 saturated carbocycles. The molecule has 0 heterocycles. The van der Waals surface area contributed by atoms with Crippen LogP contribution in [0.5, 0.6) is 0 Å². The van der Waals surface area contributed by atoms with Crippen LogP contribution in [0, 0.1) is 22.9 Å². The van der Waals surface area contributed by atoms with E-state index in [2.05, 4.69) is 80.4 Å². The second-order valence-corrected chi connectivity index (χ2v) is 16.5. The van der Waals surface area contributed by atoms with Gasteiger partial charge in [-0.25, -0.2) is 0 Å². The highest BCUT2D eigenvalue weighted by Crippen LogP contribution is 2.07. The topological polar surface area (TPSA) is 0 Å². The molecular weight excluding hydrogens is 272 g/mol. The minimum atomic E-state index is -1.37. The summed E-state index contributed by atoms with van der Waals surface area (Å²) < 4.78 is 0. The van der Waals surface area contributed by atoms with Gasteiger partial charge in [-0.2, -0.15) is 0 Å². The first-order valence-corrected chi connectivity index (χ1v) is 14.0. The van der Waals surface area contributed by atoms with Crippen LogP contribution in [0.1, 0.15) is 5.56 Å². The van der Waals surface area contributed by atoms with Crippen molar-refractivity contribution in [2.75, 3.05) is 0 Å². The quantitative estimate of drug-likeness (QED) is 0.514. The molecule has 1 rings (SSSR count). The average Bonchev–Trinajstić information content (AvgIpc) is 2.32. The van der Waals surface area contributed by atoms with Gasteiger partial charge in [-0.05, 0) is 11.6 Å². The largest absolute Gasteiger partial charge is 0.129 e. The highest BCUT2D eigenvalue weighted by Gasteiger charge is 2.09. The van der Waals surface area contributed by atoms with Crippen LogP contribution in [-0.4, -0.2) is 16.1 Å². The van der Waals surface area contributed by atoms with E-state index in [9.17, 15) is 0 Å². The summed E-state index contributed by atoms with van der Waals surface area (Å²) in [6.45, 7) is 13.5. The van der Waals surface area contributed by atoms with Crippen molar-refractivity contribution >= 4 is 22.2 Å². The molecule has 0 atom stereocenters. The van der Waals surface area contributed by atoms with Crippen LogP contribution in [0.2, 0.25) is 39.3 Å². The summed E-state index contributed by atoms with van der Waals surface area (Å²) in [5.74, 6) is 6.60. The van der Waals surface area contributed by atoms with Crippen molar-refractivity contribution in [3.8, 4) is 22.9 Å². The Morgan fingerprint density at radius 3 is 1.65 bits per heavy atom. The second-order valence-electron chi connectivity index (χ2n) is 6.97. The summed E-state index contributed by atoms with van der Waals surface area (Å²) in [5, 5.41) is 0. The van der Waals surface area contributed by atoms with Crippen LogP contribution in [0.3, 0.4) is 0 Å². The number of rotatable bonds is 1. The zero-order valence-electron chi connectivity index (χ0n) is 13.5. The Hall–Kier alpha value is -1.49. The molecule has 0 aliphatic heterocycles. The molecule has 0 amide bonds. The number of hydrogen-bond acceptors (Lipinski definition) is 0. The van der Waals surface area contributed by atoms with Crippen LogP contribution in [0.4, 0.5) is 0 Å². The highest BCUT2D eigenvalue weighted by molar-refractivity contribution is 6.84. The highest BCUT2D eigenvalue weighted by atomic mass is 28.3. The van der Waals surface area contributed by atoms with Crippen molar-refractivity contribution in [3.05, 3.63) is 41.5 Å². The van der Waals surface area contributed by atoms with Gasteiger partial charge in [0, 0.05) is 0 Å². The lowest BCUT2D eigenvalue weighted by Crippen LogP contribution is -2.17. The zero-order chi connectivity index (χ0) is 15.2. The third-order valence-electron chi connectivity index (χ3n) is 2.25. The molecule has 0 spiro atoms. The predicted molar refractivity (Wildman–Crippen MR) is 96.7 cm³/mol.